The number of fused-ring (bicyclic) bond motifs is 3. The Morgan fingerprint density at radius 1 is 1.26 bits per heavy atom. The van der Waals surface area contributed by atoms with Crippen molar-refractivity contribution in [1.82, 2.24) is 14.9 Å². The van der Waals surface area contributed by atoms with Crippen LogP contribution in [-0.4, -0.2) is 29.7 Å². The van der Waals surface area contributed by atoms with Gasteiger partial charge in [0.1, 0.15) is 16.3 Å². The molecule has 164 valence electrons. The van der Waals surface area contributed by atoms with Crippen molar-refractivity contribution >= 4 is 27.5 Å². The van der Waals surface area contributed by atoms with Gasteiger partial charge in [0.15, 0.2) is 0 Å². The minimum atomic E-state index is -0.265. The average molecular weight is 442 g/mol. The van der Waals surface area contributed by atoms with E-state index < -0.39 is 0 Å². The standard InChI is InChI=1S/C23H27N3O4S/c1-14(17-12-15(29-2)8-9-18(17)30-3)25-20(27)10-11-26-13-24-22-21(23(26)28)16-6-4-5-7-19(16)31-22/h8-9,12-14H,4-7,10-11H2,1-3H3,(H,25,27). The number of rotatable bonds is 7. The normalized spacial score (nSPS) is 14.2. The number of carbonyl (C=O) groups excluding carboxylic acids is 1. The second-order valence-electron chi connectivity index (χ2n) is 7.78. The van der Waals surface area contributed by atoms with Gasteiger partial charge in [0.2, 0.25) is 5.91 Å². The van der Waals surface area contributed by atoms with E-state index in [4.69, 9.17) is 9.47 Å². The summed E-state index contributed by atoms with van der Waals surface area (Å²) < 4.78 is 12.3. The van der Waals surface area contributed by atoms with Crippen molar-refractivity contribution in [3.63, 3.8) is 0 Å². The van der Waals surface area contributed by atoms with E-state index in [2.05, 4.69) is 10.3 Å². The van der Waals surface area contributed by atoms with E-state index in [-0.39, 0.29) is 23.9 Å². The van der Waals surface area contributed by atoms with E-state index in [1.165, 1.54) is 16.9 Å². The quantitative estimate of drug-likeness (QED) is 0.606. The Kier molecular flexibility index (Phi) is 6.27. The number of benzene rings is 1. The largest absolute Gasteiger partial charge is 0.497 e. The molecule has 2 aromatic heterocycles. The summed E-state index contributed by atoms with van der Waals surface area (Å²) in [6.07, 6.45) is 6.01. The number of hydrogen-bond acceptors (Lipinski definition) is 6. The first-order valence-corrected chi connectivity index (χ1v) is 11.3. The number of hydrogen-bond donors (Lipinski definition) is 1. The zero-order chi connectivity index (χ0) is 22.0. The molecule has 1 atom stereocenters. The molecule has 0 spiro atoms. The van der Waals surface area contributed by atoms with Crippen molar-refractivity contribution in [3.8, 4) is 11.5 Å². The summed E-state index contributed by atoms with van der Waals surface area (Å²) in [5.41, 5.74) is 1.96. The van der Waals surface area contributed by atoms with Crippen LogP contribution in [0.4, 0.5) is 0 Å². The van der Waals surface area contributed by atoms with Crippen molar-refractivity contribution in [2.45, 2.75) is 51.6 Å². The zero-order valence-electron chi connectivity index (χ0n) is 18.1. The summed E-state index contributed by atoms with van der Waals surface area (Å²) in [7, 11) is 3.20. The topological polar surface area (TPSA) is 82.4 Å². The molecule has 7 nitrogen and oxygen atoms in total. The van der Waals surface area contributed by atoms with E-state index >= 15 is 0 Å². The third-order valence-corrected chi connectivity index (χ3v) is 7.00. The zero-order valence-corrected chi connectivity index (χ0v) is 18.9. The molecule has 2 heterocycles. The molecular formula is C23H27N3O4S. The van der Waals surface area contributed by atoms with Gasteiger partial charge >= 0.3 is 0 Å². The van der Waals surface area contributed by atoms with Crippen LogP contribution in [0.15, 0.2) is 29.3 Å². The molecule has 3 aromatic rings. The first kappa shape index (κ1) is 21.4. The van der Waals surface area contributed by atoms with Crippen LogP contribution < -0.4 is 20.3 Å². The molecule has 1 aliphatic carbocycles. The van der Waals surface area contributed by atoms with Crippen LogP contribution in [0.1, 0.15) is 48.2 Å². The predicted octanol–water partition coefficient (Wildman–Crippen LogP) is 3.62. The molecule has 0 bridgehead atoms. The van der Waals surface area contributed by atoms with Gasteiger partial charge in [-0.15, -0.1) is 11.3 Å². The fraction of sp³-hybridized carbons (Fsp3) is 0.435. The molecule has 31 heavy (non-hydrogen) atoms. The summed E-state index contributed by atoms with van der Waals surface area (Å²) in [6, 6.07) is 5.22. The molecule has 0 fully saturated rings. The van der Waals surface area contributed by atoms with Crippen LogP contribution in [-0.2, 0) is 24.2 Å². The maximum atomic E-state index is 13.0. The lowest BCUT2D eigenvalue weighted by Gasteiger charge is -2.18. The summed E-state index contributed by atoms with van der Waals surface area (Å²) in [5.74, 6) is 1.24. The molecule has 1 N–H and O–H groups in total. The Balaban J connectivity index is 1.46. The van der Waals surface area contributed by atoms with Crippen LogP contribution in [0.2, 0.25) is 0 Å². The monoisotopic (exact) mass is 441 g/mol. The summed E-state index contributed by atoms with van der Waals surface area (Å²) in [4.78, 5) is 32.2. The molecule has 0 saturated heterocycles. The number of amides is 1. The molecule has 1 amide bonds. The molecule has 1 aromatic carbocycles. The maximum Gasteiger partial charge on any atom is 0.262 e. The van der Waals surface area contributed by atoms with Gasteiger partial charge in [0.25, 0.3) is 5.56 Å². The number of ether oxygens (including phenoxy) is 2. The highest BCUT2D eigenvalue weighted by atomic mass is 32.1. The van der Waals surface area contributed by atoms with E-state index in [9.17, 15) is 9.59 Å². The van der Waals surface area contributed by atoms with E-state index in [0.29, 0.717) is 18.0 Å². The average Bonchev–Trinajstić information content (AvgIpc) is 3.17. The third-order valence-electron chi connectivity index (χ3n) is 5.80. The van der Waals surface area contributed by atoms with Gasteiger partial charge in [0, 0.05) is 23.4 Å². The van der Waals surface area contributed by atoms with Crippen molar-refractivity contribution < 1.29 is 14.3 Å². The number of methoxy groups -OCH3 is 2. The fourth-order valence-corrected chi connectivity index (χ4v) is 5.35. The molecule has 1 aliphatic rings. The minimum absolute atomic E-state index is 0.0419. The lowest BCUT2D eigenvalue weighted by Crippen LogP contribution is -2.29. The number of nitrogens with zero attached hydrogens (tertiary/aromatic N) is 2. The molecule has 1 unspecified atom stereocenters. The number of thiophene rings is 1. The van der Waals surface area contributed by atoms with Gasteiger partial charge in [-0.1, -0.05) is 0 Å². The molecule has 8 heteroatoms. The summed E-state index contributed by atoms with van der Waals surface area (Å²) in [6.45, 7) is 2.19. The van der Waals surface area contributed by atoms with Crippen LogP contribution >= 0.6 is 11.3 Å². The Bertz CT molecular complexity index is 1170. The fourth-order valence-electron chi connectivity index (χ4n) is 4.13. The van der Waals surface area contributed by atoms with Crippen molar-refractivity contribution in [3.05, 3.63) is 50.9 Å². The number of aromatic nitrogens is 2. The Labute approximate surface area is 185 Å². The Morgan fingerprint density at radius 2 is 2.06 bits per heavy atom. The lowest BCUT2D eigenvalue weighted by molar-refractivity contribution is -0.122. The highest BCUT2D eigenvalue weighted by Crippen LogP contribution is 2.33. The Hall–Kier alpha value is -2.87. The van der Waals surface area contributed by atoms with Crippen LogP contribution in [0.5, 0.6) is 11.5 Å². The second kappa shape index (κ2) is 9.09. The predicted molar refractivity (Wildman–Crippen MR) is 121 cm³/mol. The van der Waals surface area contributed by atoms with Crippen LogP contribution in [0.3, 0.4) is 0 Å². The highest BCUT2D eigenvalue weighted by Gasteiger charge is 2.20. The van der Waals surface area contributed by atoms with Crippen LogP contribution in [0.25, 0.3) is 10.2 Å². The van der Waals surface area contributed by atoms with Crippen molar-refractivity contribution in [1.29, 1.82) is 0 Å². The van der Waals surface area contributed by atoms with Gasteiger partial charge in [-0.05, 0) is 56.4 Å². The number of nitrogens with one attached hydrogen (secondary N) is 1. The van der Waals surface area contributed by atoms with Crippen molar-refractivity contribution in [2.75, 3.05) is 14.2 Å². The minimum Gasteiger partial charge on any atom is -0.497 e. The molecule has 0 radical (unpaired) electrons. The van der Waals surface area contributed by atoms with Gasteiger partial charge in [-0.2, -0.15) is 0 Å². The van der Waals surface area contributed by atoms with E-state index in [1.807, 2.05) is 25.1 Å². The molecule has 0 aliphatic heterocycles. The van der Waals surface area contributed by atoms with E-state index in [1.54, 1.807) is 36.5 Å². The number of carbonyl (C=O) groups is 1. The smallest absolute Gasteiger partial charge is 0.262 e. The third kappa shape index (κ3) is 4.30. The second-order valence-corrected chi connectivity index (χ2v) is 8.86. The molecular weight excluding hydrogens is 414 g/mol. The first-order chi connectivity index (χ1) is 15.0. The summed E-state index contributed by atoms with van der Waals surface area (Å²) in [5, 5.41) is 3.73. The van der Waals surface area contributed by atoms with Gasteiger partial charge in [0.05, 0.1) is 32.0 Å². The Morgan fingerprint density at radius 3 is 2.84 bits per heavy atom. The van der Waals surface area contributed by atoms with Gasteiger partial charge in [-0.3, -0.25) is 14.2 Å². The lowest BCUT2D eigenvalue weighted by atomic mass is 9.97. The SMILES string of the molecule is COc1ccc(OC)c(C(C)NC(=O)CCn2cnc3sc4c(c3c2=O)CCCC4)c1. The molecule has 4 rings (SSSR count). The van der Waals surface area contributed by atoms with E-state index in [0.717, 1.165) is 35.0 Å². The molecule has 0 saturated carbocycles. The number of aryl methyl sites for hydroxylation is 3. The summed E-state index contributed by atoms with van der Waals surface area (Å²) >= 11 is 1.63. The van der Waals surface area contributed by atoms with Crippen LogP contribution in [0, 0.1) is 0 Å². The highest BCUT2D eigenvalue weighted by molar-refractivity contribution is 7.18. The van der Waals surface area contributed by atoms with Gasteiger partial charge < -0.3 is 14.8 Å². The van der Waals surface area contributed by atoms with Crippen molar-refractivity contribution in [2.24, 2.45) is 0 Å². The first-order valence-electron chi connectivity index (χ1n) is 10.5. The maximum absolute atomic E-state index is 13.0. The van der Waals surface area contributed by atoms with Gasteiger partial charge in [-0.25, -0.2) is 4.98 Å².